The van der Waals surface area contributed by atoms with Crippen LogP contribution < -0.4 is 14.9 Å². The van der Waals surface area contributed by atoms with Gasteiger partial charge in [0.1, 0.15) is 5.82 Å². The summed E-state index contributed by atoms with van der Waals surface area (Å²) in [6.45, 7) is 6.69. The summed E-state index contributed by atoms with van der Waals surface area (Å²) in [4.78, 5) is 11.5. The minimum Gasteiger partial charge on any atom is -0.356 e. The molecule has 0 radical (unpaired) electrons. The number of aromatic nitrogens is 2. The number of anilines is 2. The van der Waals surface area contributed by atoms with Crippen molar-refractivity contribution < 1.29 is 8.42 Å². The third-order valence-electron chi connectivity index (χ3n) is 4.61. The minimum atomic E-state index is -3.51. The fourth-order valence-corrected chi connectivity index (χ4v) is 4.12. The molecule has 0 spiro atoms. The summed E-state index contributed by atoms with van der Waals surface area (Å²) in [5.74, 6) is 1.46. The molecule has 146 valence electrons. The molecule has 1 aromatic carbocycles. The van der Waals surface area contributed by atoms with Crippen LogP contribution in [-0.4, -0.2) is 44.6 Å². The Morgan fingerprint density at radius 3 is 2.44 bits per heavy atom. The molecule has 2 heterocycles. The van der Waals surface area contributed by atoms with Crippen molar-refractivity contribution in [2.45, 2.75) is 38.0 Å². The van der Waals surface area contributed by atoms with Crippen LogP contribution in [0.25, 0.3) is 0 Å². The quantitative estimate of drug-likeness (QED) is 0.674. The van der Waals surface area contributed by atoms with E-state index < -0.39 is 10.0 Å². The Bertz CT molecular complexity index is 862. The fourth-order valence-electron chi connectivity index (χ4n) is 3.09. The Labute approximate surface area is 161 Å². The van der Waals surface area contributed by atoms with E-state index >= 15 is 0 Å². The molecule has 0 aliphatic carbocycles. The highest BCUT2D eigenvalue weighted by Crippen LogP contribution is 2.19. The first-order valence-electron chi connectivity index (χ1n) is 9.41. The lowest BCUT2D eigenvalue weighted by atomic mass is 10.2. The first-order valence-corrected chi connectivity index (χ1v) is 10.9. The van der Waals surface area contributed by atoms with E-state index in [1.54, 1.807) is 12.1 Å². The maximum atomic E-state index is 12.3. The summed E-state index contributed by atoms with van der Waals surface area (Å²) in [5.41, 5.74) is 2.01. The second-order valence-electron chi connectivity index (χ2n) is 6.71. The Hall–Kier alpha value is -2.19. The standard InChI is InChI=1S/C19H27N5O2S/c1-3-16-6-8-17(9-7-16)27(25,26)21-11-10-20-19-22-15(2)14-18(23-19)24-12-4-5-13-24/h6-9,14,21H,3-5,10-13H2,1-2H3,(H,20,22,23). The molecular weight excluding hydrogens is 362 g/mol. The van der Waals surface area contributed by atoms with Crippen molar-refractivity contribution in [3.8, 4) is 0 Å². The van der Waals surface area contributed by atoms with Crippen molar-refractivity contribution >= 4 is 21.8 Å². The van der Waals surface area contributed by atoms with Gasteiger partial charge in [-0.1, -0.05) is 19.1 Å². The highest BCUT2D eigenvalue weighted by molar-refractivity contribution is 7.89. The molecule has 2 aromatic rings. The third-order valence-corrected chi connectivity index (χ3v) is 6.09. The van der Waals surface area contributed by atoms with Gasteiger partial charge in [-0.05, 0) is 43.9 Å². The molecule has 3 rings (SSSR count). The Kier molecular flexibility index (Phi) is 6.28. The lowest BCUT2D eigenvalue weighted by Crippen LogP contribution is -2.29. The monoisotopic (exact) mass is 389 g/mol. The van der Waals surface area contributed by atoms with Gasteiger partial charge in [0, 0.05) is 37.9 Å². The van der Waals surface area contributed by atoms with Crippen molar-refractivity contribution in [2.24, 2.45) is 0 Å². The minimum absolute atomic E-state index is 0.258. The van der Waals surface area contributed by atoms with Gasteiger partial charge in [0.2, 0.25) is 16.0 Å². The molecule has 1 saturated heterocycles. The molecule has 0 saturated carbocycles. The van der Waals surface area contributed by atoms with Crippen molar-refractivity contribution in [1.29, 1.82) is 0 Å². The Morgan fingerprint density at radius 1 is 1.07 bits per heavy atom. The summed E-state index contributed by atoms with van der Waals surface area (Å²) in [6, 6.07) is 8.95. The Morgan fingerprint density at radius 2 is 1.78 bits per heavy atom. The summed E-state index contributed by atoms with van der Waals surface area (Å²) in [5, 5.41) is 3.12. The van der Waals surface area contributed by atoms with E-state index in [2.05, 4.69) is 24.9 Å². The molecule has 0 amide bonds. The maximum absolute atomic E-state index is 12.3. The van der Waals surface area contributed by atoms with Gasteiger partial charge in [-0.2, -0.15) is 4.98 Å². The van der Waals surface area contributed by atoms with E-state index in [0.717, 1.165) is 36.6 Å². The molecule has 7 nitrogen and oxygen atoms in total. The maximum Gasteiger partial charge on any atom is 0.240 e. The van der Waals surface area contributed by atoms with Crippen LogP contribution in [0.5, 0.6) is 0 Å². The number of nitrogens with one attached hydrogen (secondary N) is 2. The molecule has 0 atom stereocenters. The average Bonchev–Trinajstić information content (AvgIpc) is 3.20. The smallest absolute Gasteiger partial charge is 0.240 e. The molecule has 1 aliphatic rings. The fraction of sp³-hybridized carbons (Fsp3) is 0.474. The highest BCUT2D eigenvalue weighted by atomic mass is 32.2. The summed E-state index contributed by atoms with van der Waals surface area (Å²) in [7, 11) is -3.51. The molecule has 8 heteroatoms. The van der Waals surface area contributed by atoms with Gasteiger partial charge in [-0.3, -0.25) is 0 Å². The predicted molar refractivity (Wildman–Crippen MR) is 108 cm³/mol. The zero-order chi connectivity index (χ0) is 19.3. The van der Waals surface area contributed by atoms with E-state index in [0.29, 0.717) is 12.5 Å². The van der Waals surface area contributed by atoms with E-state index in [9.17, 15) is 8.42 Å². The summed E-state index contributed by atoms with van der Waals surface area (Å²) in [6.07, 6.45) is 3.26. The number of benzene rings is 1. The molecule has 1 fully saturated rings. The largest absolute Gasteiger partial charge is 0.356 e. The van der Waals surface area contributed by atoms with Crippen LogP contribution in [0, 0.1) is 6.92 Å². The van der Waals surface area contributed by atoms with Gasteiger partial charge in [0.05, 0.1) is 4.90 Å². The van der Waals surface area contributed by atoms with E-state index in [-0.39, 0.29) is 11.4 Å². The third kappa shape index (κ3) is 5.17. The molecule has 1 aromatic heterocycles. The van der Waals surface area contributed by atoms with Crippen molar-refractivity contribution in [1.82, 2.24) is 14.7 Å². The van der Waals surface area contributed by atoms with E-state index in [4.69, 9.17) is 0 Å². The molecule has 0 bridgehead atoms. The molecule has 0 unspecified atom stereocenters. The number of nitrogens with zero attached hydrogens (tertiary/aromatic N) is 3. The van der Waals surface area contributed by atoms with Crippen LogP contribution in [0.15, 0.2) is 35.2 Å². The highest BCUT2D eigenvalue weighted by Gasteiger charge is 2.16. The van der Waals surface area contributed by atoms with E-state index in [1.165, 1.54) is 12.8 Å². The number of rotatable bonds is 8. The number of hydrogen-bond donors (Lipinski definition) is 2. The number of aryl methyl sites for hydroxylation is 2. The van der Waals surface area contributed by atoms with Crippen LogP contribution in [-0.2, 0) is 16.4 Å². The Balaban J connectivity index is 1.54. The van der Waals surface area contributed by atoms with Gasteiger partial charge in [0.25, 0.3) is 0 Å². The van der Waals surface area contributed by atoms with Crippen LogP contribution >= 0.6 is 0 Å². The molecule has 27 heavy (non-hydrogen) atoms. The van der Waals surface area contributed by atoms with Crippen molar-refractivity contribution in [3.05, 3.63) is 41.6 Å². The van der Waals surface area contributed by atoms with Gasteiger partial charge in [-0.25, -0.2) is 18.1 Å². The lowest BCUT2D eigenvalue weighted by Gasteiger charge is -2.17. The lowest BCUT2D eigenvalue weighted by molar-refractivity contribution is 0.583. The van der Waals surface area contributed by atoms with Crippen molar-refractivity contribution in [3.63, 3.8) is 0 Å². The first kappa shape index (κ1) is 19.6. The topological polar surface area (TPSA) is 87.2 Å². The predicted octanol–water partition coefficient (Wildman–Crippen LogP) is 2.34. The van der Waals surface area contributed by atoms with Gasteiger partial charge >= 0.3 is 0 Å². The second-order valence-corrected chi connectivity index (χ2v) is 8.47. The number of hydrogen-bond acceptors (Lipinski definition) is 6. The van der Waals surface area contributed by atoms with Crippen LogP contribution in [0.4, 0.5) is 11.8 Å². The zero-order valence-corrected chi connectivity index (χ0v) is 16.7. The van der Waals surface area contributed by atoms with Gasteiger partial charge in [-0.15, -0.1) is 0 Å². The van der Waals surface area contributed by atoms with Crippen LogP contribution in [0.2, 0.25) is 0 Å². The average molecular weight is 390 g/mol. The zero-order valence-electron chi connectivity index (χ0n) is 15.9. The molecular formula is C19H27N5O2S. The van der Waals surface area contributed by atoms with Gasteiger partial charge in [0.15, 0.2) is 0 Å². The van der Waals surface area contributed by atoms with E-state index in [1.807, 2.05) is 32.0 Å². The molecule has 1 aliphatic heterocycles. The van der Waals surface area contributed by atoms with Crippen molar-refractivity contribution in [2.75, 3.05) is 36.4 Å². The normalized spacial score (nSPS) is 14.5. The molecule has 2 N–H and O–H groups in total. The first-order chi connectivity index (χ1) is 13.0. The van der Waals surface area contributed by atoms with Gasteiger partial charge < -0.3 is 10.2 Å². The second kappa shape index (κ2) is 8.67. The summed E-state index contributed by atoms with van der Waals surface area (Å²) < 4.78 is 27.3. The number of sulfonamides is 1. The van der Waals surface area contributed by atoms with Crippen LogP contribution in [0.3, 0.4) is 0 Å². The van der Waals surface area contributed by atoms with Crippen LogP contribution in [0.1, 0.15) is 31.0 Å². The SMILES string of the molecule is CCc1ccc(S(=O)(=O)NCCNc2nc(C)cc(N3CCCC3)n2)cc1. The summed E-state index contributed by atoms with van der Waals surface area (Å²) >= 11 is 0.